The second kappa shape index (κ2) is 4.60. The van der Waals surface area contributed by atoms with Gasteiger partial charge in [-0.1, -0.05) is 54.6 Å². The van der Waals surface area contributed by atoms with Gasteiger partial charge < -0.3 is 5.32 Å². The summed E-state index contributed by atoms with van der Waals surface area (Å²) >= 11 is 0. The number of carbonyl (C=O) groups excluding carboxylic acids is 1. The van der Waals surface area contributed by atoms with E-state index in [4.69, 9.17) is 0 Å². The third kappa shape index (κ3) is 1.93. The molecule has 0 aromatic heterocycles. The number of nitrogens with one attached hydrogen (secondary N) is 1. The van der Waals surface area contributed by atoms with Gasteiger partial charge in [0.05, 0.1) is 0 Å². The second-order valence-corrected chi connectivity index (χ2v) is 5.13. The average molecular weight is 271 g/mol. The maximum Gasteiger partial charge on any atom is 0.256 e. The summed E-state index contributed by atoms with van der Waals surface area (Å²) in [5.41, 5.74) is 3.88. The van der Waals surface area contributed by atoms with E-state index in [0.29, 0.717) is 5.56 Å². The molecule has 3 aromatic carbocycles. The Hall–Kier alpha value is -2.87. The second-order valence-electron chi connectivity index (χ2n) is 5.13. The standard InChI is InChI=1S/C19H13NO/c21-19(20-15-6-2-1-3-7-15)17-12-11-14-10-9-13-5-4-8-16(17)18(13)14/h1-12H,(H,20,21). The third-order valence-corrected chi connectivity index (χ3v) is 3.82. The van der Waals surface area contributed by atoms with Gasteiger partial charge in [0, 0.05) is 11.3 Å². The highest BCUT2D eigenvalue weighted by atomic mass is 16.1. The first-order valence-electron chi connectivity index (χ1n) is 6.93. The van der Waals surface area contributed by atoms with Gasteiger partial charge in [-0.2, -0.15) is 0 Å². The molecule has 0 saturated carbocycles. The molecule has 1 aliphatic carbocycles. The Bertz CT molecular complexity index is 866. The lowest BCUT2D eigenvalue weighted by Gasteiger charge is -2.09. The molecule has 0 bridgehead atoms. The van der Waals surface area contributed by atoms with Crippen LogP contribution < -0.4 is 5.32 Å². The Morgan fingerprint density at radius 1 is 0.762 bits per heavy atom. The summed E-state index contributed by atoms with van der Waals surface area (Å²) in [6.45, 7) is 0. The minimum atomic E-state index is -0.0724. The van der Waals surface area contributed by atoms with E-state index >= 15 is 0 Å². The van der Waals surface area contributed by atoms with Crippen LogP contribution in [0.3, 0.4) is 0 Å². The number of para-hydroxylation sites is 1. The zero-order chi connectivity index (χ0) is 14.2. The molecule has 2 heteroatoms. The molecule has 3 aromatic rings. The highest BCUT2D eigenvalue weighted by Gasteiger charge is 2.15. The summed E-state index contributed by atoms with van der Waals surface area (Å²) < 4.78 is 0. The van der Waals surface area contributed by atoms with Crippen molar-refractivity contribution in [3.8, 4) is 0 Å². The highest BCUT2D eigenvalue weighted by molar-refractivity contribution is 6.17. The van der Waals surface area contributed by atoms with Crippen molar-refractivity contribution in [2.45, 2.75) is 0 Å². The van der Waals surface area contributed by atoms with Crippen LogP contribution in [0.2, 0.25) is 0 Å². The molecule has 0 atom stereocenters. The van der Waals surface area contributed by atoms with Crippen molar-refractivity contribution in [2.75, 3.05) is 5.32 Å². The van der Waals surface area contributed by atoms with E-state index in [2.05, 4.69) is 23.5 Å². The molecule has 1 aliphatic rings. The van der Waals surface area contributed by atoms with Crippen molar-refractivity contribution in [3.63, 3.8) is 0 Å². The first-order chi connectivity index (χ1) is 10.3. The fourth-order valence-electron chi connectivity index (χ4n) is 2.84. The molecule has 1 N–H and O–H groups in total. The Balaban J connectivity index is 1.80. The lowest BCUT2D eigenvalue weighted by Crippen LogP contribution is -2.12. The number of hydrogen-bond donors (Lipinski definition) is 1. The van der Waals surface area contributed by atoms with E-state index in [9.17, 15) is 4.79 Å². The van der Waals surface area contributed by atoms with E-state index in [1.165, 1.54) is 16.5 Å². The largest absolute Gasteiger partial charge is 0.322 e. The topological polar surface area (TPSA) is 29.1 Å². The minimum Gasteiger partial charge on any atom is -0.322 e. The van der Waals surface area contributed by atoms with Gasteiger partial charge in [0.15, 0.2) is 0 Å². The Labute approximate surface area is 122 Å². The van der Waals surface area contributed by atoms with Crippen LogP contribution in [0.15, 0.2) is 60.7 Å². The SMILES string of the molecule is O=C(Nc1ccccc1)c1ccc2c3c(cccc13)C=C2. The molecular formula is C19H13NO. The predicted molar refractivity (Wildman–Crippen MR) is 87.3 cm³/mol. The predicted octanol–water partition coefficient (Wildman–Crippen LogP) is 4.58. The van der Waals surface area contributed by atoms with Crippen LogP contribution in [-0.2, 0) is 0 Å². The van der Waals surface area contributed by atoms with Crippen molar-refractivity contribution in [2.24, 2.45) is 0 Å². The molecule has 21 heavy (non-hydrogen) atoms. The number of carbonyl (C=O) groups is 1. The Kier molecular flexibility index (Phi) is 2.61. The van der Waals surface area contributed by atoms with E-state index in [0.717, 1.165) is 11.1 Å². The van der Waals surface area contributed by atoms with Crippen molar-refractivity contribution < 1.29 is 4.79 Å². The van der Waals surface area contributed by atoms with Crippen molar-refractivity contribution in [1.82, 2.24) is 0 Å². The number of rotatable bonds is 2. The zero-order valence-corrected chi connectivity index (χ0v) is 11.3. The van der Waals surface area contributed by atoms with Crippen LogP contribution in [-0.4, -0.2) is 5.91 Å². The normalized spacial score (nSPS) is 11.8. The summed E-state index contributed by atoms with van der Waals surface area (Å²) in [6, 6.07) is 19.5. The molecule has 0 spiro atoms. The summed E-state index contributed by atoms with van der Waals surface area (Å²) in [5.74, 6) is -0.0724. The smallest absolute Gasteiger partial charge is 0.256 e. The van der Waals surface area contributed by atoms with E-state index in [1.54, 1.807) is 0 Å². The van der Waals surface area contributed by atoms with Crippen LogP contribution in [0.25, 0.3) is 22.9 Å². The molecule has 0 saturated heterocycles. The molecule has 2 nitrogen and oxygen atoms in total. The van der Waals surface area contributed by atoms with Gasteiger partial charge in [0.25, 0.3) is 5.91 Å². The highest BCUT2D eigenvalue weighted by Crippen LogP contribution is 2.33. The molecular weight excluding hydrogens is 258 g/mol. The fourth-order valence-corrected chi connectivity index (χ4v) is 2.84. The number of hydrogen-bond acceptors (Lipinski definition) is 1. The lowest BCUT2D eigenvalue weighted by molar-refractivity contribution is 0.102. The van der Waals surface area contributed by atoms with E-state index in [1.807, 2.05) is 54.6 Å². The summed E-state index contributed by atoms with van der Waals surface area (Å²) in [7, 11) is 0. The van der Waals surface area contributed by atoms with E-state index in [-0.39, 0.29) is 5.91 Å². The number of benzene rings is 3. The molecule has 1 amide bonds. The first-order valence-corrected chi connectivity index (χ1v) is 6.93. The maximum absolute atomic E-state index is 12.5. The van der Waals surface area contributed by atoms with Gasteiger partial charge >= 0.3 is 0 Å². The number of amides is 1. The summed E-state index contributed by atoms with van der Waals surface area (Å²) in [6.07, 6.45) is 4.19. The molecule has 4 rings (SSSR count). The summed E-state index contributed by atoms with van der Waals surface area (Å²) in [5, 5.41) is 5.12. The molecule has 0 radical (unpaired) electrons. The first kappa shape index (κ1) is 11.9. The van der Waals surface area contributed by atoms with Crippen molar-refractivity contribution >= 4 is 34.5 Å². The maximum atomic E-state index is 12.5. The van der Waals surface area contributed by atoms with Gasteiger partial charge in [-0.05, 0) is 40.1 Å². The molecule has 0 aliphatic heterocycles. The van der Waals surface area contributed by atoms with Gasteiger partial charge in [-0.15, -0.1) is 0 Å². The Morgan fingerprint density at radius 2 is 1.52 bits per heavy atom. The van der Waals surface area contributed by atoms with Gasteiger partial charge in [-0.25, -0.2) is 0 Å². The van der Waals surface area contributed by atoms with Crippen LogP contribution in [0.1, 0.15) is 21.5 Å². The van der Waals surface area contributed by atoms with Gasteiger partial charge in [0.2, 0.25) is 0 Å². The monoisotopic (exact) mass is 271 g/mol. The van der Waals surface area contributed by atoms with Gasteiger partial charge in [0.1, 0.15) is 0 Å². The van der Waals surface area contributed by atoms with E-state index < -0.39 is 0 Å². The number of anilines is 1. The van der Waals surface area contributed by atoms with Crippen LogP contribution in [0.5, 0.6) is 0 Å². The van der Waals surface area contributed by atoms with Crippen LogP contribution in [0, 0.1) is 0 Å². The zero-order valence-electron chi connectivity index (χ0n) is 11.3. The molecule has 100 valence electrons. The third-order valence-electron chi connectivity index (χ3n) is 3.82. The van der Waals surface area contributed by atoms with Crippen molar-refractivity contribution in [3.05, 3.63) is 77.4 Å². The quantitative estimate of drug-likeness (QED) is 0.568. The molecule has 0 fully saturated rings. The lowest BCUT2D eigenvalue weighted by atomic mass is 9.99. The fraction of sp³-hybridized carbons (Fsp3) is 0. The molecule has 0 heterocycles. The van der Waals surface area contributed by atoms with Crippen LogP contribution in [0.4, 0.5) is 5.69 Å². The van der Waals surface area contributed by atoms with Gasteiger partial charge in [-0.3, -0.25) is 4.79 Å². The average Bonchev–Trinajstić information content (AvgIpc) is 2.94. The Morgan fingerprint density at radius 3 is 2.33 bits per heavy atom. The summed E-state index contributed by atoms with van der Waals surface area (Å²) in [4.78, 5) is 12.5. The molecule has 0 unspecified atom stereocenters. The minimum absolute atomic E-state index is 0.0724. The van der Waals surface area contributed by atoms with Crippen LogP contribution >= 0.6 is 0 Å². The van der Waals surface area contributed by atoms with Crippen molar-refractivity contribution in [1.29, 1.82) is 0 Å².